The number of rotatable bonds is 0. The van der Waals surface area contributed by atoms with Gasteiger partial charge in [0.2, 0.25) is 0 Å². The van der Waals surface area contributed by atoms with Crippen LogP contribution in [0.1, 0.15) is 46.0 Å². The second-order valence-electron chi connectivity index (χ2n) is 4.86. The first-order chi connectivity index (χ1) is 5.64. The van der Waals surface area contributed by atoms with Crippen LogP contribution in [0.5, 0.6) is 0 Å². The van der Waals surface area contributed by atoms with Crippen molar-refractivity contribution in [2.75, 3.05) is 0 Å². The maximum atomic E-state index is 11.7. The highest BCUT2D eigenvalue weighted by atomic mass is 16.1. The van der Waals surface area contributed by atoms with Crippen molar-refractivity contribution in [3.8, 4) is 0 Å². The van der Waals surface area contributed by atoms with E-state index in [1.54, 1.807) is 0 Å². The molecular formula is C11H18O. The lowest BCUT2D eigenvalue weighted by Gasteiger charge is -2.39. The molecule has 0 amide bonds. The number of hydrogen-bond acceptors (Lipinski definition) is 1. The van der Waals surface area contributed by atoms with E-state index in [4.69, 9.17) is 0 Å². The lowest BCUT2D eigenvalue weighted by atomic mass is 9.65. The minimum absolute atomic E-state index is 0.0810. The van der Waals surface area contributed by atoms with E-state index in [1.165, 1.54) is 12.8 Å². The Kier molecular flexibility index (Phi) is 1.78. The molecule has 0 bridgehead atoms. The summed E-state index contributed by atoms with van der Waals surface area (Å²) in [5, 5.41) is 0. The predicted molar refractivity (Wildman–Crippen MR) is 48.9 cm³/mol. The van der Waals surface area contributed by atoms with Crippen molar-refractivity contribution in [2.24, 2.45) is 17.3 Å². The highest BCUT2D eigenvalue weighted by Gasteiger charge is 2.49. The predicted octanol–water partition coefficient (Wildman–Crippen LogP) is 2.79. The van der Waals surface area contributed by atoms with Crippen molar-refractivity contribution in [1.29, 1.82) is 0 Å². The smallest absolute Gasteiger partial charge is 0.139 e. The first kappa shape index (κ1) is 8.28. The van der Waals surface area contributed by atoms with Crippen LogP contribution in [0, 0.1) is 17.3 Å². The molecule has 2 fully saturated rings. The molecule has 0 saturated heterocycles. The fourth-order valence-electron chi connectivity index (χ4n) is 3.33. The summed E-state index contributed by atoms with van der Waals surface area (Å²) in [5.41, 5.74) is 0.0810. The van der Waals surface area contributed by atoms with Gasteiger partial charge in [0.25, 0.3) is 0 Å². The molecule has 0 spiro atoms. The van der Waals surface area contributed by atoms with Crippen LogP contribution in [0.2, 0.25) is 0 Å². The third-order valence-corrected chi connectivity index (χ3v) is 4.18. The van der Waals surface area contributed by atoms with E-state index in [0.29, 0.717) is 11.7 Å². The van der Waals surface area contributed by atoms with Crippen LogP contribution in [-0.2, 0) is 4.79 Å². The Morgan fingerprint density at radius 2 is 2.17 bits per heavy atom. The van der Waals surface area contributed by atoms with Gasteiger partial charge in [-0.15, -0.1) is 0 Å². The summed E-state index contributed by atoms with van der Waals surface area (Å²) < 4.78 is 0. The van der Waals surface area contributed by atoms with Crippen LogP contribution in [0.25, 0.3) is 0 Å². The van der Waals surface area contributed by atoms with E-state index in [2.05, 4.69) is 13.8 Å². The second-order valence-corrected chi connectivity index (χ2v) is 4.86. The van der Waals surface area contributed by atoms with Gasteiger partial charge >= 0.3 is 0 Å². The zero-order valence-corrected chi connectivity index (χ0v) is 8.10. The van der Waals surface area contributed by atoms with Gasteiger partial charge in [0, 0.05) is 11.8 Å². The zero-order chi connectivity index (χ0) is 8.77. The molecule has 68 valence electrons. The monoisotopic (exact) mass is 166 g/mol. The minimum atomic E-state index is 0.0810. The summed E-state index contributed by atoms with van der Waals surface area (Å²) >= 11 is 0. The number of Topliss-reactive ketones (excluding diaryl/α,β-unsaturated/α-hetero) is 1. The highest BCUT2D eigenvalue weighted by molar-refractivity contribution is 5.87. The van der Waals surface area contributed by atoms with Crippen molar-refractivity contribution in [3.63, 3.8) is 0 Å². The Balaban J connectivity index is 2.26. The molecule has 3 atom stereocenters. The standard InChI is InChI=1S/C11H18O/c1-8-4-3-7-11(2)9(8)5-6-10(11)12/h8-9H,3-7H2,1-2H3/t8-,9-,11-/m0/s1. The summed E-state index contributed by atoms with van der Waals surface area (Å²) in [5.74, 6) is 2.04. The Morgan fingerprint density at radius 1 is 1.42 bits per heavy atom. The molecule has 0 radical (unpaired) electrons. The average Bonchev–Trinajstić information content (AvgIpc) is 2.30. The normalized spacial score (nSPS) is 47.7. The summed E-state index contributed by atoms with van der Waals surface area (Å²) in [6.45, 7) is 4.52. The van der Waals surface area contributed by atoms with Crippen LogP contribution >= 0.6 is 0 Å². The van der Waals surface area contributed by atoms with E-state index in [0.717, 1.165) is 25.2 Å². The van der Waals surface area contributed by atoms with Crippen molar-refractivity contribution in [3.05, 3.63) is 0 Å². The van der Waals surface area contributed by atoms with Gasteiger partial charge < -0.3 is 0 Å². The molecule has 2 rings (SSSR count). The van der Waals surface area contributed by atoms with Crippen molar-refractivity contribution in [2.45, 2.75) is 46.0 Å². The zero-order valence-electron chi connectivity index (χ0n) is 8.10. The molecule has 12 heavy (non-hydrogen) atoms. The molecular weight excluding hydrogens is 148 g/mol. The van der Waals surface area contributed by atoms with Crippen molar-refractivity contribution >= 4 is 5.78 Å². The third-order valence-electron chi connectivity index (χ3n) is 4.18. The van der Waals surface area contributed by atoms with Crippen LogP contribution in [0.3, 0.4) is 0 Å². The van der Waals surface area contributed by atoms with Gasteiger partial charge in [0.1, 0.15) is 5.78 Å². The SMILES string of the molecule is C[C@H]1CCC[C@]2(C)C(=O)CC[C@@H]12. The van der Waals surface area contributed by atoms with E-state index in [1.807, 2.05) is 0 Å². The molecule has 2 saturated carbocycles. The molecule has 0 unspecified atom stereocenters. The fraction of sp³-hybridized carbons (Fsp3) is 0.909. The van der Waals surface area contributed by atoms with Gasteiger partial charge in [-0.05, 0) is 24.7 Å². The van der Waals surface area contributed by atoms with Crippen LogP contribution in [-0.4, -0.2) is 5.78 Å². The Morgan fingerprint density at radius 3 is 2.83 bits per heavy atom. The average molecular weight is 166 g/mol. The quantitative estimate of drug-likeness (QED) is 0.541. The van der Waals surface area contributed by atoms with E-state index in [-0.39, 0.29) is 5.41 Å². The van der Waals surface area contributed by atoms with Gasteiger partial charge in [-0.3, -0.25) is 4.79 Å². The van der Waals surface area contributed by atoms with E-state index >= 15 is 0 Å². The van der Waals surface area contributed by atoms with Gasteiger partial charge in [-0.25, -0.2) is 0 Å². The van der Waals surface area contributed by atoms with Gasteiger partial charge in [-0.2, -0.15) is 0 Å². The van der Waals surface area contributed by atoms with Gasteiger partial charge in [0.05, 0.1) is 0 Å². The van der Waals surface area contributed by atoms with E-state index < -0.39 is 0 Å². The first-order valence-corrected chi connectivity index (χ1v) is 5.18. The molecule has 0 aromatic carbocycles. The number of hydrogen-bond donors (Lipinski definition) is 0. The summed E-state index contributed by atoms with van der Waals surface area (Å²) in [6, 6.07) is 0. The van der Waals surface area contributed by atoms with Crippen LogP contribution in [0.4, 0.5) is 0 Å². The van der Waals surface area contributed by atoms with E-state index in [9.17, 15) is 4.79 Å². The lowest BCUT2D eigenvalue weighted by Crippen LogP contribution is -2.36. The molecule has 0 heterocycles. The third kappa shape index (κ3) is 0.949. The molecule has 1 heteroatoms. The fourth-order valence-corrected chi connectivity index (χ4v) is 3.33. The Hall–Kier alpha value is -0.330. The van der Waals surface area contributed by atoms with Crippen molar-refractivity contribution in [1.82, 2.24) is 0 Å². The number of carbonyl (C=O) groups is 1. The molecule has 0 aromatic heterocycles. The van der Waals surface area contributed by atoms with Gasteiger partial charge in [0.15, 0.2) is 0 Å². The maximum absolute atomic E-state index is 11.7. The molecule has 0 aromatic rings. The largest absolute Gasteiger partial charge is 0.299 e. The minimum Gasteiger partial charge on any atom is -0.299 e. The van der Waals surface area contributed by atoms with Crippen LogP contribution in [0.15, 0.2) is 0 Å². The Labute approximate surface area is 74.5 Å². The summed E-state index contributed by atoms with van der Waals surface area (Å²) in [4.78, 5) is 11.7. The number of fused-ring (bicyclic) bond motifs is 1. The van der Waals surface area contributed by atoms with Crippen LogP contribution < -0.4 is 0 Å². The molecule has 1 nitrogen and oxygen atoms in total. The van der Waals surface area contributed by atoms with Crippen molar-refractivity contribution < 1.29 is 4.79 Å². The first-order valence-electron chi connectivity index (χ1n) is 5.18. The molecule has 2 aliphatic rings. The maximum Gasteiger partial charge on any atom is 0.139 e. The molecule has 2 aliphatic carbocycles. The lowest BCUT2D eigenvalue weighted by molar-refractivity contribution is -0.128. The summed E-state index contributed by atoms with van der Waals surface area (Å²) in [6.07, 6.45) is 5.77. The second kappa shape index (κ2) is 2.58. The number of ketones is 1. The topological polar surface area (TPSA) is 17.1 Å². The summed E-state index contributed by atoms with van der Waals surface area (Å²) in [7, 11) is 0. The van der Waals surface area contributed by atoms with Gasteiger partial charge in [-0.1, -0.05) is 26.7 Å². The highest BCUT2D eigenvalue weighted by Crippen LogP contribution is 2.51. The molecule has 0 N–H and O–H groups in total. The Bertz CT molecular complexity index is 209. The number of carbonyl (C=O) groups excluding carboxylic acids is 1. The molecule has 0 aliphatic heterocycles.